The van der Waals surface area contributed by atoms with E-state index >= 15 is 0 Å². The molecular weight excluding hydrogens is 284 g/mol. The normalized spacial score (nSPS) is 19.8. The van der Waals surface area contributed by atoms with Crippen LogP contribution in [0, 0.1) is 5.92 Å². The summed E-state index contributed by atoms with van der Waals surface area (Å²) in [6, 6.07) is 7.25. The predicted molar refractivity (Wildman–Crippen MR) is 79.3 cm³/mol. The van der Waals surface area contributed by atoms with Crippen LogP contribution >= 0.6 is 0 Å². The molecule has 2 atom stereocenters. The van der Waals surface area contributed by atoms with Crippen molar-refractivity contribution in [1.82, 2.24) is 19.9 Å². The maximum Gasteiger partial charge on any atom is 0.254 e. The van der Waals surface area contributed by atoms with Crippen LogP contribution in [0.5, 0.6) is 0 Å². The summed E-state index contributed by atoms with van der Waals surface area (Å²) in [5, 5.41) is 7.92. The zero-order valence-electron chi connectivity index (χ0n) is 12.6. The number of rotatable bonds is 4. The number of para-hydroxylation sites is 1. The number of carbonyl (C=O) groups excluding carboxylic acids is 2. The molecule has 0 aliphatic carbocycles. The smallest absolute Gasteiger partial charge is 0.254 e. The lowest BCUT2D eigenvalue weighted by Crippen LogP contribution is -2.38. The number of methoxy groups -OCH3 is 1. The fraction of sp³-hybridized carbons (Fsp3) is 0.467. The maximum atomic E-state index is 12.6. The third kappa shape index (κ3) is 2.48. The number of ether oxygens (including phenoxy) is 1. The second kappa shape index (κ2) is 5.84. The Kier molecular flexibility index (Phi) is 3.89. The number of nitrogens with zero attached hydrogens (tertiary/aromatic N) is 4. The molecule has 3 rings (SSSR count). The fourth-order valence-electron chi connectivity index (χ4n) is 2.86. The molecular formula is C15H18N4O3. The molecule has 0 spiro atoms. The molecule has 1 aliphatic rings. The van der Waals surface area contributed by atoms with Crippen LogP contribution in [0.25, 0.3) is 11.0 Å². The van der Waals surface area contributed by atoms with Gasteiger partial charge in [0.2, 0.25) is 5.91 Å². The minimum absolute atomic E-state index is 0.0210. The van der Waals surface area contributed by atoms with Crippen LogP contribution in [0.1, 0.15) is 18.1 Å². The summed E-state index contributed by atoms with van der Waals surface area (Å²) < 4.78 is 6.39. The first-order chi connectivity index (χ1) is 10.6. The number of likely N-dealkylation sites (tertiary alicyclic amines) is 1. The summed E-state index contributed by atoms with van der Waals surface area (Å²) in [7, 11) is 1.60. The van der Waals surface area contributed by atoms with Gasteiger partial charge in [-0.05, 0) is 19.1 Å². The zero-order chi connectivity index (χ0) is 15.7. The van der Waals surface area contributed by atoms with Crippen molar-refractivity contribution in [3.63, 3.8) is 0 Å². The Hall–Kier alpha value is -2.28. The van der Waals surface area contributed by atoms with E-state index in [1.807, 2.05) is 19.1 Å². The van der Waals surface area contributed by atoms with Gasteiger partial charge >= 0.3 is 0 Å². The highest BCUT2D eigenvalue weighted by atomic mass is 16.5. The largest absolute Gasteiger partial charge is 0.383 e. The number of hydrogen-bond donors (Lipinski definition) is 0. The lowest BCUT2D eigenvalue weighted by atomic mass is 10.1. The van der Waals surface area contributed by atoms with Gasteiger partial charge in [-0.1, -0.05) is 17.3 Å². The first-order valence-electron chi connectivity index (χ1n) is 7.25. The minimum atomic E-state index is -0.392. The van der Waals surface area contributed by atoms with Crippen molar-refractivity contribution in [2.75, 3.05) is 20.3 Å². The van der Waals surface area contributed by atoms with E-state index in [9.17, 15) is 9.59 Å². The highest BCUT2D eigenvalue weighted by molar-refractivity contribution is 5.94. The second-order valence-electron chi connectivity index (χ2n) is 5.58. The highest BCUT2D eigenvalue weighted by Gasteiger charge is 2.37. The van der Waals surface area contributed by atoms with Crippen LogP contribution in [0.3, 0.4) is 0 Å². The topological polar surface area (TPSA) is 77.3 Å². The van der Waals surface area contributed by atoms with Crippen LogP contribution in [0.15, 0.2) is 24.3 Å². The van der Waals surface area contributed by atoms with Gasteiger partial charge in [0, 0.05) is 20.1 Å². The third-order valence-electron chi connectivity index (χ3n) is 4.01. The number of fused-ring (bicyclic) bond motifs is 1. The average Bonchev–Trinajstić information content (AvgIpc) is 3.10. The molecule has 2 heterocycles. The van der Waals surface area contributed by atoms with Crippen molar-refractivity contribution >= 4 is 22.8 Å². The minimum Gasteiger partial charge on any atom is -0.383 e. The monoisotopic (exact) mass is 302 g/mol. The van der Waals surface area contributed by atoms with Gasteiger partial charge in [0.15, 0.2) is 0 Å². The van der Waals surface area contributed by atoms with E-state index in [2.05, 4.69) is 10.3 Å². The Morgan fingerprint density at radius 2 is 2.23 bits per heavy atom. The SMILES string of the molecule is COC[C@H](C)N1C[C@H](C(=O)n2nnc3ccccc32)CC1=O. The van der Waals surface area contributed by atoms with Gasteiger partial charge in [0.05, 0.1) is 24.1 Å². The predicted octanol–water partition coefficient (Wildman–Crippen LogP) is 0.955. The zero-order valence-corrected chi connectivity index (χ0v) is 12.6. The quantitative estimate of drug-likeness (QED) is 0.840. The summed E-state index contributed by atoms with van der Waals surface area (Å²) in [5.41, 5.74) is 1.34. The van der Waals surface area contributed by atoms with Crippen molar-refractivity contribution in [1.29, 1.82) is 0 Å². The Morgan fingerprint density at radius 3 is 3.00 bits per heavy atom. The molecule has 0 unspecified atom stereocenters. The molecule has 7 heteroatoms. The summed E-state index contributed by atoms with van der Waals surface area (Å²) >= 11 is 0. The molecule has 1 amide bonds. The van der Waals surface area contributed by atoms with Gasteiger partial charge < -0.3 is 9.64 Å². The Balaban J connectivity index is 1.80. The molecule has 0 radical (unpaired) electrons. The van der Waals surface area contributed by atoms with E-state index in [-0.39, 0.29) is 24.3 Å². The van der Waals surface area contributed by atoms with E-state index in [4.69, 9.17) is 4.74 Å². The second-order valence-corrected chi connectivity index (χ2v) is 5.58. The van der Waals surface area contributed by atoms with Gasteiger partial charge in [-0.2, -0.15) is 4.68 Å². The maximum absolute atomic E-state index is 12.6. The van der Waals surface area contributed by atoms with Gasteiger partial charge in [-0.3, -0.25) is 9.59 Å². The van der Waals surface area contributed by atoms with E-state index in [0.29, 0.717) is 24.2 Å². The first kappa shape index (κ1) is 14.6. The van der Waals surface area contributed by atoms with E-state index in [1.54, 1.807) is 24.1 Å². The van der Waals surface area contributed by atoms with Crippen LogP contribution in [0.4, 0.5) is 0 Å². The molecule has 1 fully saturated rings. The van der Waals surface area contributed by atoms with Crippen molar-refractivity contribution in [3.8, 4) is 0 Å². The first-order valence-corrected chi connectivity index (χ1v) is 7.25. The van der Waals surface area contributed by atoms with Gasteiger partial charge in [-0.25, -0.2) is 0 Å². The molecule has 2 aromatic rings. The standard InChI is InChI=1S/C15H18N4O3/c1-10(9-22-2)18-8-11(7-14(18)20)15(21)19-13-6-4-3-5-12(13)16-17-19/h3-6,10-11H,7-9H2,1-2H3/t10-,11+/m0/s1. The van der Waals surface area contributed by atoms with Gasteiger partial charge in [-0.15, -0.1) is 5.10 Å². The molecule has 116 valence electrons. The Bertz CT molecular complexity index is 712. The Morgan fingerprint density at radius 1 is 1.45 bits per heavy atom. The van der Waals surface area contributed by atoms with E-state index < -0.39 is 5.92 Å². The van der Waals surface area contributed by atoms with Crippen molar-refractivity contribution < 1.29 is 14.3 Å². The summed E-state index contributed by atoms with van der Waals surface area (Å²) in [5.74, 6) is -0.599. The summed E-state index contributed by atoms with van der Waals surface area (Å²) in [6.45, 7) is 2.77. The molecule has 1 aromatic heterocycles. The van der Waals surface area contributed by atoms with Crippen molar-refractivity contribution in [2.45, 2.75) is 19.4 Å². The van der Waals surface area contributed by atoms with Gasteiger partial charge in [0.25, 0.3) is 5.91 Å². The van der Waals surface area contributed by atoms with Crippen LogP contribution in [-0.2, 0) is 9.53 Å². The molecule has 0 N–H and O–H groups in total. The Labute approximate surface area is 127 Å². The molecule has 1 aliphatic heterocycles. The molecule has 7 nitrogen and oxygen atoms in total. The molecule has 22 heavy (non-hydrogen) atoms. The van der Waals surface area contributed by atoms with E-state index in [0.717, 1.165) is 0 Å². The molecule has 0 bridgehead atoms. The highest BCUT2D eigenvalue weighted by Crippen LogP contribution is 2.23. The fourth-order valence-corrected chi connectivity index (χ4v) is 2.86. The van der Waals surface area contributed by atoms with Crippen molar-refractivity contribution in [2.24, 2.45) is 5.92 Å². The van der Waals surface area contributed by atoms with Crippen LogP contribution < -0.4 is 0 Å². The third-order valence-corrected chi connectivity index (χ3v) is 4.01. The summed E-state index contributed by atoms with van der Waals surface area (Å²) in [4.78, 5) is 26.5. The lowest BCUT2D eigenvalue weighted by molar-refractivity contribution is -0.130. The van der Waals surface area contributed by atoms with Crippen LogP contribution in [0.2, 0.25) is 0 Å². The molecule has 1 saturated heterocycles. The molecule has 1 aromatic carbocycles. The average molecular weight is 302 g/mol. The number of amides is 1. The van der Waals surface area contributed by atoms with Crippen molar-refractivity contribution in [3.05, 3.63) is 24.3 Å². The number of carbonyl (C=O) groups is 2. The summed E-state index contributed by atoms with van der Waals surface area (Å²) in [6.07, 6.45) is 0.209. The van der Waals surface area contributed by atoms with Gasteiger partial charge in [0.1, 0.15) is 5.52 Å². The molecule has 0 saturated carbocycles. The van der Waals surface area contributed by atoms with E-state index in [1.165, 1.54) is 4.68 Å². The number of aromatic nitrogens is 3. The van der Waals surface area contributed by atoms with Crippen LogP contribution in [-0.4, -0.2) is 58.0 Å². The lowest BCUT2D eigenvalue weighted by Gasteiger charge is -2.23. The number of benzene rings is 1. The number of hydrogen-bond acceptors (Lipinski definition) is 5.